The van der Waals surface area contributed by atoms with E-state index in [0.29, 0.717) is 11.4 Å². The van der Waals surface area contributed by atoms with Gasteiger partial charge < -0.3 is 5.32 Å². The van der Waals surface area contributed by atoms with Gasteiger partial charge in [0.05, 0.1) is 11.1 Å². The summed E-state index contributed by atoms with van der Waals surface area (Å²) in [7, 11) is -1.79. The lowest BCUT2D eigenvalue weighted by Gasteiger charge is -2.15. The third-order valence-electron chi connectivity index (χ3n) is 2.98. The lowest BCUT2D eigenvalue weighted by atomic mass is 10.2. The van der Waals surface area contributed by atoms with Gasteiger partial charge in [0.2, 0.25) is 10.0 Å². The van der Waals surface area contributed by atoms with E-state index < -0.39 is 10.0 Å². The molecule has 108 valence electrons. The maximum Gasteiger partial charge on any atom is 0.241 e. The zero-order chi connectivity index (χ0) is 14.6. The van der Waals surface area contributed by atoms with Crippen LogP contribution in [0.5, 0.6) is 0 Å². The number of hydrogen-bond donors (Lipinski definition) is 3. The molecule has 0 saturated carbocycles. The standard InChI is InChI=1S/C13H18N4O2S/c1-10(12-8-15-16-9-12)17-20(18,19)13-6-4-3-5-11(13)7-14-2/h3-6,8-10,14,17H,7H2,1-2H3,(H,15,16). The maximum absolute atomic E-state index is 12.5. The number of sulfonamides is 1. The number of benzene rings is 1. The van der Waals surface area contributed by atoms with E-state index in [1.165, 1.54) is 0 Å². The number of nitrogens with one attached hydrogen (secondary N) is 3. The highest BCUT2D eigenvalue weighted by molar-refractivity contribution is 7.89. The Morgan fingerprint density at radius 1 is 1.35 bits per heavy atom. The van der Waals surface area contributed by atoms with Crippen LogP contribution < -0.4 is 10.0 Å². The highest BCUT2D eigenvalue weighted by Gasteiger charge is 2.21. The Labute approximate surface area is 118 Å². The molecule has 0 aliphatic heterocycles. The highest BCUT2D eigenvalue weighted by atomic mass is 32.2. The van der Waals surface area contributed by atoms with Crippen molar-refractivity contribution >= 4 is 10.0 Å². The second-order valence-electron chi connectivity index (χ2n) is 4.51. The molecule has 0 radical (unpaired) electrons. The Bertz CT molecular complexity index is 653. The molecule has 1 unspecified atom stereocenters. The predicted molar refractivity (Wildman–Crippen MR) is 76.5 cm³/mol. The largest absolute Gasteiger partial charge is 0.316 e. The molecule has 6 nitrogen and oxygen atoms in total. The first-order valence-corrected chi connectivity index (χ1v) is 7.76. The fraction of sp³-hybridized carbons (Fsp3) is 0.308. The van der Waals surface area contributed by atoms with Crippen LogP contribution in [0.3, 0.4) is 0 Å². The van der Waals surface area contributed by atoms with Crippen LogP contribution in [0, 0.1) is 0 Å². The second-order valence-corrected chi connectivity index (χ2v) is 6.20. The van der Waals surface area contributed by atoms with Crippen molar-refractivity contribution in [3.8, 4) is 0 Å². The predicted octanol–water partition coefficient (Wildman–Crippen LogP) is 1.17. The Morgan fingerprint density at radius 3 is 2.75 bits per heavy atom. The summed E-state index contributed by atoms with van der Waals surface area (Å²) < 4.78 is 27.6. The van der Waals surface area contributed by atoms with Gasteiger partial charge in [-0.05, 0) is 25.6 Å². The minimum Gasteiger partial charge on any atom is -0.316 e. The van der Waals surface area contributed by atoms with Crippen molar-refractivity contribution in [2.24, 2.45) is 0 Å². The monoisotopic (exact) mass is 294 g/mol. The van der Waals surface area contributed by atoms with Gasteiger partial charge in [-0.3, -0.25) is 5.10 Å². The molecule has 1 aromatic heterocycles. The van der Waals surface area contributed by atoms with E-state index in [4.69, 9.17) is 0 Å². The number of hydrogen-bond acceptors (Lipinski definition) is 4. The summed E-state index contributed by atoms with van der Waals surface area (Å²) in [6, 6.07) is 6.60. The summed E-state index contributed by atoms with van der Waals surface area (Å²) in [5, 5.41) is 9.47. The number of aromatic nitrogens is 2. The molecule has 0 saturated heterocycles. The molecule has 1 atom stereocenters. The summed E-state index contributed by atoms with van der Waals surface area (Å²) in [5.74, 6) is 0. The van der Waals surface area contributed by atoms with Gasteiger partial charge in [0.15, 0.2) is 0 Å². The molecule has 0 fully saturated rings. The SMILES string of the molecule is CNCc1ccccc1S(=O)(=O)NC(C)c1cn[nH]c1. The number of rotatable bonds is 6. The van der Waals surface area contributed by atoms with Gasteiger partial charge in [-0.15, -0.1) is 0 Å². The normalized spacial score (nSPS) is 13.3. The van der Waals surface area contributed by atoms with Gasteiger partial charge in [-0.1, -0.05) is 18.2 Å². The van der Waals surface area contributed by atoms with Gasteiger partial charge in [-0.25, -0.2) is 13.1 Å². The topological polar surface area (TPSA) is 86.9 Å². The molecule has 1 aromatic carbocycles. The van der Waals surface area contributed by atoms with Gasteiger partial charge in [0, 0.05) is 24.3 Å². The minimum absolute atomic E-state index is 0.296. The molecule has 2 rings (SSSR count). The molecular weight excluding hydrogens is 276 g/mol. The quantitative estimate of drug-likeness (QED) is 0.746. The van der Waals surface area contributed by atoms with E-state index >= 15 is 0 Å². The summed E-state index contributed by atoms with van der Waals surface area (Å²) in [5.41, 5.74) is 1.53. The Kier molecular flexibility index (Phi) is 4.53. The Morgan fingerprint density at radius 2 is 2.10 bits per heavy atom. The Hall–Kier alpha value is -1.70. The van der Waals surface area contributed by atoms with Crippen molar-refractivity contribution in [2.45, 2.75) is 24.4 Å². The maximum atomic E-state index is 12.5. The molecule has 7 heteroatoms. The molecule has 0 amide bonds. The van der Waals surface area contributed by atoms with E-state index in [9.17, 15) is 8.42 Å². The Balaban J connectivity index is 2.27. The third-order valence-corrected chi connectivity index (χ3v) is 4.62. The second kappa shape index (κ2) is 6.17. The van der Waals surface area contributed by atoms with Gasteiger partial charge in [0.25, 0.3) is 0 Å². The van der Waals surface area contributed by atoms with E-state index in [-0.39, 0.29) is 6.04 Å². The van der Waals surface area contributed by atoms with Crippen LogP contribution >= 0.6 is 0 Å². The summed E-state index contributed by atoms with van der Waals surface area (Å²) in [6.07, 6.45) is 3.28. The summed E-state index contributed by atoms with van der Waals surface area (Å²) in [6.45, 7) is 2.28. The highest BCUT2D eigenvalue weighted by Crippen LogP contribution is 2.19. The van der Waals surface area contributed by atoms with Crippen molar-refractivity contribution in [3.63, 3.8) is 0 Å². The molecule has 20 heavy (non-hydrogen) atoms. The lowest BCUT2D eigenvalue weighted by Crippen LogP contribution is -2.28. The van der Waals surface area contributed by atoms with Gasteiger partial charge in [-0.2, -0.15) is 5.10 Å². The zero-order valence-electron chi connectivity index (χ0n) is 11.4. The summed E-state index contributed by atoms with van der Waals surface area (Å²) in [4.78, 5) is 0.296. The first-order valence-electron chi connectivity index (χ1n) is 6.28. The van der Waals surface area contributed by atoms with E-state index in [2.05, 4.69) is 20.2 Å². The minimum atomic E-state index is -3.57. The van der Waals surface area contributed by atoms with Crippen molar-refractivity contribution in [3.05, 3.63) is 47.8 Å². The van der Waals surface area contributed by atoms with Gasteiger partial charge in [0.1, 0.15) is 0 Å². The van der Waals surface area contributed by atoms with Crippen LogP contribution in [0.25, 0.3) is 0 Å². The van der Waals surface area contributed by atoms with Crippen LogP contribution in [-0.2, 0) is 16.6 Å². The average Bonchev–Trinajstić information content (AvgIpc) is 2.93. The fourth-order valence-corrected chi connectivity index (χ4v) is 3.44. The van der Waals surface area contributed by atoms with Crippen molar-refractivity contribution in [1.82, 2.24) is 20.2 Å². The van der Waals surface area contributed by atoms with E-state index in [0.717, 1.165) is 11.1 Å². The number of aromatic amines is 1. The average molecular weight is 294 g/mol. The van der Waals surface area contributed by atoms with Crippen LogP contribution in [0.15, 0.2) is 41.6 Å². The van der Waals surface area contributed by atoms with Crippen LogP contribution in [0.4, 0.5) is 0 Å². The van der Waals surface area contributed by atoms with Crippen LogP contribution in [0.2, 0.25) is 0 Å². The number of H-pyrrole nitrogens is 1. The zero-order valence-corrected chi connectivity index (χ0v) is 12.2. The molecule has 3 N–H and O–H groups in total. The lowest BCUT2D eigenvalue weighted by molar-refractivity contribution is 0.565. The molecule has 0 aliphatic carbocycles. The van der Waals surface area contributed by atoms with Crippen LogP contribution in [-0.4, -0.2) is 25.7 Å². The molecule has 0 bridgehead atoms. The first kappa shape index (κ1) is 14.7. The van der Waals surface area contributed by atoms with E-state index in [1.54, 1.807) is 44.6 Å². The first-order chi connectivity index (χ1) is 9.54. The van der Waals surface area contributed by atoms with E-state index in [1.807, 2.05) is 6.07 Å². The fourth-order valence-electron chi connectivity index (χ4n) is 1.96. The van der Waals surface area contributed by atoms with Gasteiger partial charge >= 0.3 is 0 Å². The molecule has 0 spiro atoms. The van der Waals surface area contributed by atoms with Crippen molar-refractivity contribution in [2.75, 3.05) is 7.05 Å². The molecule has 2 aromatic rings. The summed E-state index contributed by atoms with van der Waals surface area (Å²) >= 11 is 0. The third kappa shape index (κ3) is 3.24. The van der Waals surface area contributed by atoms with Crippen molar-refractivity contribution < 1.29 is 8.42 Å². The number of nitrogens with zero attached hydrogens (tertiary/aromatic N) is 1. The molecule has 1 heterocycles. The molecule has 0 aliphatic rings. The van der Waals surface area contributed by atoms with Crippen molar-refractivity contribution in [1.29, 1.82) is 0 Å². The van der Waals surface area contributed by atoms with Crippen LogP contribution in [0.1, 0.15) is 24.1 Å². The molecular formula is C13H18N4O2S. The smallest absolute Gasteiger partial charge is 0.241 e.